The molecule has 5 N–H and O–H groups in total. The number of fused-ring (bicyclic) bond motifs is 2. The van der Waals surface area contributed by atoms with Gasteiger partial charge in [0.05, 0.1) is 18.5 Å². The van der Waals surface area contributed by atoms with E-state index < -0.39 is 12.3 Å². The number of likely N-dealkylation sites (tertiary alicyclic amines) is 2. The van der Waals surface area contributed by atoms with E-state index in [2.05, 4.69) is 41.1 Å². The molecule has 0 aliphatic carbocycles. The highest BCUT2D eigenvalue weighted by Crippen LogP contribution is 2.41. The third-order valence-electron chi connectivity index (χ3n) is 13.0. The zero-order valence-corrected chi connectivity index (χ0v) is 37.8. The summed E-state index contributed by atoms with van der Waals surface area (Å²) < 4.78 is 29.3. The highest BCUT2D eigenvalue weighted by atomic mass is 32.1. The number of anilines is 3. The molecule has 0 bridgehead atoms. The molecule has 5 heterocycles. The van der Waals surface area contributed by atoms with Crippen molar-refractivity contribution < 1.29 is 23.2 Å². The number of likely N-dealkylation sites (N-methyl/N-ethyl adjacent to an activating group) is 1. The van der Waals surface area contributed by atoms with Crippen LogP contribution in [0.4, 0.5) is 25.3 Å². The molecule has 3 aromatic rings. The molecule has 2 aromatic carbocycles. The minimum Gasteiger partial charge on any atom is -0.385 e. The Balaban J connectivity index is 0.883. The highest BCUT2D eigenvalue weighted by Gasteiger charge is 2.47. The maximum absolute atomic E-state index is 14.7. The number of benzene rings is 2. The lowest BCUT2D eigenvalue weighted by molar-refractivity contribution is -0.131. The standard InChI is InChI=1S/C46H63F2N11O3S/c1-29-21-34(10-11-36(29)45(62)54-46-53-25-30(2)63-46)51-15-6-5-7-16-52-42(61)28-56-18-12-35(13-19-56)59-40-14-20-57(31(3)60)27-39(40)44(55-59)58-17-8-9-32-22-37(33(24-49)26-50-4)38(43(47)48)23-41(32)58/h10-11,21-25,33,35,39-40,43,49-51H,5-9,12-20,26-28H2,1-4H3,(H,52,61)(H,53,54,62). The molecule has 340 valence electrons. The van der Waals surface area contributed by atoms with Crippen molar-refractivity contribution in [2.75, 3.05) is 81.5 Å². The van der Waals surface area contributed by atoms with Crippen LogP contribution in [0.1, 0.15) is 102 Å². The number of piperidine rings is 2. The summed E-state index contributed by atoms with van der Waals surface area (Å²) >= 11 is 1.45. The largest absolute Gasteiger partial charge is 0.385 e. The van der Waals surface area contributed by atoms with Crippen LogP contribution in [-0.4, -0.2) is 128 Å². The Bertz CT molecular complexity index is 2140. The van der Waals surface area contributed by atoms with Gasteiger partial charge in [0.2, 0.25) is 11.8 Å². The number of unbranched alkanes of at least 4 members (excludes halogenated alkanes) is 2. The molecule has 0 spiro atoms. The van der Waals surface area contributed by atoms with Gasteiger partial charge in [-0.3, -0.25) is 29.6 Å². The van der Waals surface area contributed by atoms with Crippen molar-refractivity contribution in [3.05, 3.63) is 69.2 Å². The zero-order chi connectivity index (χ0) is 44.6. The Labute approximate surface area is 373 Å². The molecule has 17 heteroatoms. The summed E-state index contributed by atoms with van der Waals surface area (Å²) in [5.74, 6) is 0.245. The lowest BCUT2D eigenvalue weighted by Gasteiger charge is -2.43. The SMILES string of the molecule is CNCC(C=N)c1cc2c(cc1C(F)F)N(C1=NN(C3CCN(CC(=O)NCCCCCNc4ccc(C(=O)Nc5ncc(C)s5)c(C)c4)CC3)C3CCN(C(C)=O)CC13)CCC2. The Morgan fingerprint density at radius 1 is 1.00 bits per heavy atom. The number of hydrogen-bond donors (Lipinski definition) is 5. The fourth-order valence-electron chi connectivity index (χ4n) is 9.66. The van der Waals surface area contributed by atoms with Crippen molar-refractivity contribution in [1.82, 2.24) is 30.4 Å². The summed E-state index contributed by atoms with van der Waals surface area (Å²) in [5, 5.41) is 28.6. The topological polar surface area (TPSA) is 161 Å². The maximum Gasteiger partial charge on any atom is 0.264 e. The number of carbonyl (C=O) groups is 3. The fraction of sp³-hybridized carbons (Fsp3) is 0.565. The van der Waals surface area contributed by atoms with Gasteiger partial charge in [0, 0.05) is 111 Å². The summed E-state index contributed by atoms with van der Waals surface area (Å²) in [7, 11) is 1.76. The van der Waals surface area contributed by atoms with E-state index in [-0.39, 0.29) is 41.3 Å². The van der Waals surface area contributed by atoms with Crippen molar-refractivity contribution >= 4 is 57.6 Å². The number of aryl methyl sites for hydroxylation is 3. The quantitative estimate of drug-likeness (QED) is 0.0766. The van der Waals surface area contributed by atoms with Gasteiger partial charge in [-0.1, -0.05) is 6.07 Å². The average Bonchev–Trinajstić information content (AvgIpc) is 3.86. The molecular formula is C46H63F2N11O3S. The zero-order valence-electron chi connectivity index (χ0n) is 37.0. The molecule has 0 saturated carbocycles. The number of nitrogens with zero attached hydrogens (tertiary/aromatic N) is 6. The summed E-state index contributed by atoms with van der Waals surface area (Å²) in [5.41, 5.74) is 4.67. The lowest BCUT2D eigenvalue weighted by atomic mass is 9.86. The van der Waals surface area contributed by atoms with Crippen molar-refractivity contribution in [1.29, 1.82) is 5.41 Å². The molecule has 3 atom stereocenters. The first kappa shape index (κ1) is 46.0. The van der Waals surface area contributed by atoms with E-state index in [1.165, 1.54) is 17.6 Å². The number of aromatic nitrogens is 1. The molecule has 0 radical (unpaired) electrons. The molecule has 3 unspecified atom stereocenters. The van der Waals surface area contributed by atoms with Gasteiger partial charge in [-0.05, 0) is 113 Å². The average molecular weight is 888 g/mol. The van der Waals surface area contributed by atoms with Crippen molar-refractivity contribution in [2.45, 2.75) is 96.6 Å². The van der Waals surface area contributed by atoms with E-state index >= 15 is 0 Å². The molecule has 2 fully saturated rings. The Morgan fingerprint density at radius 3 is 2.49 bits per heavy atom. The van der Waals surface area contributed by atoms with Gasteiger partial charge in [-0.2, -0.15) is 5.10 Å². The number of carbonyl (C=O) groups excluding carboxylic acids is 3. The minimum absolute atomic E-state index is 0.0285. The van der Waals surface area contributed by atoms with Gasteiger partial charge in [-0.25, -0.2) is 13.8 Å². The van der Waals surface area contributed by atoms with Gasteiger partial charge in [0.25, 0.3) is 12.3 Å². The predicted molar refractivity (Wildman–Crippen MR) is 247 cm³/mol. The molecule has 7 rings (SSSR count). The number of amides is 3. The van der Waals surface area contributed by atoms with Gasteiger partial charge < -0.3 is 31.2 Å². The van der Waals surface area contributed by atoms with Crippen molar-refractivity contribution in [3.63, 3.8) is 0 Å². The molecule has 2 saturated heterocycles. The van der Waals surface area contributed by atoms with Gasteiger partial charge >= 0.3 is 0 Å². The first-order valence-electron chi connectivity index (χ1n) is 22.5. The normalized spacial score (nSPS) is 19.7. The number of alkyl halides is 2. The molecule has 4 aliphatic heterocycles. The number of nitrogens with one attached hydrogen (secondary N) is 5. The summed E-state index contributed by atoms with van der Waals surface area (Å²) in [6.45, 7) is 11.0. The number of hydrogen-bond acceptors (Lipinski definition) is 12. The van der Waals surface area contributed by atoms with E-state index in [1.807, 2.05) is 43.0 Å². The Hall–Kier alpha value is -5.00. The molecule has 1 aromatic heterocycles. The molecule has 14 nitrogen and oxygen atoms in total. The van der Waals surface area contributed by atoms with Crippen LogP contribution in [0.25, 0.3) is 0 Å². The second kappa shape index (κ2) is 21.1. The lowest BCUT2D eigenvalue weighted by Crippen LogP contribution is -2.54. The van der Waals surface area contributed by atoms with Crippen molar-refractivity contribution in [3.8, 4) is 0 Å². The van der Waals surface area contributed by atoms with Crippen LogP contribution < -0.4 is 26.2 Å². The van der Waals surface area contributed by atoms with Crippen LogP contribution in [-0.2, 0) is 16.0 Å². The highest BCUT2D eigenvalue weighted by molar-refractivity contribution is 7.15. The number of rotatable bonds is 17. The van der Waals surface area contributed by atoms with Crippen molar-refractivity contribution in [2.24, 2.45) is 11.0 Å². The first-order chi connectivity index (χ1) is 30.4. The predicted octanol–water partition coefficient (Wildman–Crippen LogP) is 6.38. The van der Waals surface area contributed by atoms with E-state index in [1.54, 1.807) is 26.2 Å². The van der Waals surface area contributed by atoms with Crippen LogP contribution in [0.15, 0.2) is 41.6 Å². The fourth-order valence-corrected chi connectivity index (χ4v) is 10.3. The smallest absolute Gasteiger partial charge is 0.264 e. The van der Waals surface area contributed by atoms with Crippen LogP contribution >= 0.6 is 11.3 Å². The second-order valence-corrected chi connectivity index (χ2v) is 18.6. The van der Waals surface area contributed by atoms with Crippen LogP contribution in [0.5, 0.6) is 0 Å². The second-order valence-electron chi connectivity index (χ2n) is 17.4. The number of hydrazone groups is 1. The Kier molecular flexibility index (Phi) is 15.4. The van der Waals surface area contributed by atoms with Gasteiger partial charge in [0.15, 0.2) is 5.13 Å². The maximum atomic E-state index is 14.7. The van der Waals surface area contributed by atoms with Crippen LogP contribution in [0.2, 0.25) is 0 Å². The minimum atomic E-state index is -2.68. The number of thiazole rings is 1. The van der Waals surface area contributed by atoms with E-state index in [0.717, 1.165) is 104 Å². The van der Waals surface area contributed by atoms with E-state index in [4.69, 9.17) is 10.5 Å². The van der Waals surface area contributed by atoms with Gasteiger partial charge in [-0.15, -0.1) is 11.3 Å². The summed E-state index contributed by atoms with van der Waals surface area (Å²) in [6, 6.07) is 9.53. The third-order valence-corrected chi connectivity index (χ3v) is 13.8. The summed E-state index contributed by atoms with van der Waals surface area (Å²) in [4.78, 5) is 49.8. The number of halogens is 2. The monoisotopic (exact) mass is 887 g/mol. The molecular weight excluding hydrogens is 825 g/mol. The first-order valence-corrected chi connectivity index (χ1v) is 23.3. The van der Waals surface area contributed by atoms with Crippen LogP contribution in [0.3, 0.4) is 0 Å². The van der Waals surface area contributed by atoms with Gasteiger partial charge in [0.1, 0.15) is 5.84 Å². The molecule has 4 aliphatic rings. The third kappa shape index (κ3) is 11.0. The molecule has 63 heavy (non-hydrogen) atoms. The van der Waals surface area contributed by atoms with E-state index in [0.29, 0.717) is 55.5 Å². The van der Waals surface area contributed by atoms with Crippen LogP contribution in [0, 0.1) is 25.2 Å². The molecule has 3 amide bonds. The number of amidine groups is 1. The van der Waals surface area contributed by atoms with E-state index in [9.17, 15) is 23.2 Å². The summed E-state index contributed by atoms with van der Waals surface area (Å²) in [6.07, 6.45) is 7.20. The Morgan fingerprint density at radius 2 is 1.79 bits per heavy atom.